The number of carbonyl (C=O) groups excluding carboxylic acids is 1. The summed E-state index contributed by atoms with van der Waals surface area (Å²) in [5, 5.41) is 0. The van der Waals surface area contributed by atoms with E-state index in [-0.39, 0.29) is 5.91 Å². The lowest BCUT2D eigenvalue weighted by Gasteiger charge is -2.33. The van der Waals surface area contributed by atoms with Crippen LogP contribution in [-0.2, 0) is 4.79 Å². The zero-order valence-electron chi connectivity index (χ0n) is 13.0. The van der Waals surface area contributed by atoms with Crippen molar-refractivity contribution in [2.75, 3.05) is 43.4 Å². The molecule has 0 unspecified atom stereocenters. The Morgan fingerprint density at radius 3 is 2.71 bits per heavy atom. The van der Waals surface area contributed by atoms with Gasteiger partial charge in [-0.05, 0) is 25.0 Å². The number of carbonyl (C=O) groups is 1. The number of nitrogens with two attached hydrogens (primary N) is 1. The van der Waals surface area contributed by atoms with Crippen LogP contribution in [0.3, 0.4) is 0 Å². The maximum absolute atomic E-state index is 12.5. The molecule has 2 N–H and O–H groups in total. The molecule has 0 fully saturated rings. The van der Waals surface area contributed by atoms with Gasteiger partial charge < -0.3 is 20.3 Å². The van der Waals surface area contributed by atoms with Crippen LogP contribution in [0.4, 0.5) is 11.4 Å². The lowest BCUT2D eigenvalue weighted by molar-refractivity contribution is -0.129. The molecule has 1 aliphatic heterocycles. The molecule has 1 aliphatic rings. The van der Waals surface area contributed by atoms with Crippen LogP contribution in [0, 0.1) is 0 Å². The van der Waals surface area contributed by atoms with E-state index in [2.05, 4.69) is 18.7 Å². The molecule has 0 aromatic heterocycles. The van der Waals surface area contributed by atoms with Gasteiger partial charge in [0.1, 0.15) is 12.4 Å². The lowest BCUT2D eigenvalue weighted by atomic mass is 10.2. The van der Waals surface area contributed by atoms with Crippen LogP contribution in [0.15, 0.2) is 18.2 Å². The number of ether oxygens (including phenoxy) is 1. The topological polar surface area (TPSA) is 58.8 Å². The lowest BCUT2D eigenvalue weighted by Crippen LogP contribution is -2.43. The second-order valence-corrected chi connectivity index (χ2v) is 5.38. The van der Waals surface area contributed by atoms with Crippen molar-refractivity contribution in [2.45, 2.75) is 26.7 Å². The number of nitrogens with zero attached hydrogens (tertiary/aromatic N) is 2. The summed E-state index contributed by atoms with van der Waals surface area (Å²) in [4.78, 5) is 16.5. The highest BCUT2D eigenvalue weighted by Gasteiger charge is 2.22. The third-order valence-corrected chi connectivity index (χ3v) is 3.61. The number of amides is 1. The van der Waals surface area contributed by atoms with E-state index in [0.717, 1.165) is 43.9 Å². The maximum Gasteiger partial charge on any atom is 0.242 e. The van der Waals surface area contributed by atoms with E-state index >= 15 is 0 Å². The van der Waals surface area contributed by atoms with Gasteiger partial charge in [0.15, 0.2) is 0 Å². The van der Waals surface area contributed by atoms with E-state index in [4.69, 9.17) is 10.5 Å². The second-order valence-electron chi connectivity index (χ2n) is 5.38. The fraction of sp³-hybridized carbons (Fsp3) is 0.562. The quantitative estimate of drug-likeness (QED) is 0.816. The molecule has 0 saturated carbocycles. The van der Waals surface area contributed by atoms with Gasteiger partial charge in [0, 0.05) is 24.8 Å². The van der Waals surface area contributed by atoms with Gasteiger partial charge in [-0.3, -0.25) is 4.79 Å². The van der Waals surface area contributed by atoms with Crippen LogP contribution < -0.4 is 15.4 Å². The molecule has 5 heteroatoms. The molecular formula is C16H25N3O2. The molecule has 21 heavy (non-hydrogen) atoms. The molecule has 5 nitrogen and oxygen atoms in total. The molecule has 0 saturated heterocycles. The van der Waals surface area contributed by atoms with Crippen LogP contribution in [-0.4, -0.2) is 43.6 Å². The first-order valence-corrected chi connectivity index (χ1v) is 7.70. The van der Waals surface area contributed by atoms with Crippen molar-refractivity contribution >= 4 is 17.3 Å². The molecule has 0 bridgehead atoms. The summed E-state index contributed by atoms with van der Waals surface area (Å²) in [5.41, 5.74) is 7.42. The fourth-order valence-electron chi connectivity index (χ4n) is 2.62. The SMILES string of the molecule is CCCN(CCC)C(=O)CN1CCOc2cc(N)ccc21. The third-order valence-electron chi connectivity index (χ3n) is 3.61. The zero-order chi connectivity index (χ0) is 15.2. The standard InChI is InChI=1S/C16H25N3O2/c1-3-7-18(8-4-2)16(20)12-19-9-10-21-15-11-13(17)5-6-14(15)19/h5-6,11H,3-4,7-10,12,17H2,1-2H3. The van der Waals surface area contributed by atoms with Crippen LogP contribution in [0.2, 0.25) is 0 Å². The minimum absolute atomic E-state index is 0.184. The van der Waals surface area contributed by atoms with E-state index in [0.29, 0.717) is 18.8 Å². The Bertz CT molecular complexity index is 484. The normalized spacial score (nSPS) is 13.5. The molecule has 1 heterocycles. The predicted molar refractivity (Wildman–Crippen MR) is 85.7 cm³/mol. The van der Waals surface area contributed by atoms with E-state index in [1.165, 1.54) is 0 Å². The molecule has 2 rings (SSSR count). The van der Waals surface area contributed by atoms with Gasteiger partial charge >= 0.3 is 0 Å². The number of benzene rings is 1. The largest absolute Gasteiger partial charge is 0.489 e. The van der Waals surface area contributed by atoms with Gasteiger partial charge in [-0.2, -0.15) is 0 Å². The van der Waals surface area contributed by atoms with Crippen molar-refractivity contribution in [3.8, 4) is 5.75 Å². The molecule has 0 aliphatic carbocycles. The third kappa shape index (κ3) is 3.80. The van der Waals surface area contributed by atoms with Crippen molar-refractivity contribution in [3.05, 3.63) is 18.2 Å². The Hall–Kier alpha value is -1.91. The number of nitrogen functional groups attached to an aromatic ring is 1. The molecule has 1 aromatic carbocycles. The Labute approximate surface area is 126 Å². The van der Waals surface area contributed by atoms with Crippen molar-refractivity contribution < 1.29 is 9.53 Å². The summed E-state index contributed by atoms with van der Waals surface area (Å²) in [6.45, 7) is 7.57. The average Bonchev–Trinajstić information content (AvgIpc) is 2.47. The van der Waals surface area contributed by atoms with Crippen molar-refractivity contribution in [3.63, 3.8) is 0 Å². The minimum atomic E-state index is 0.184. The molecule has 116 valence electrons. The Morgan fingerprint density at radius 1 is 1.33 bits per heavy atom. The van der Waals surface area contributed by atoms with Gasteiger partial charge in [-0.1, -0.05) is 13.8 Å². The second kappa shape index (κ2) is 7.20. The predicted octanol–water partition coefficient (Wildman–Crippen LogP) is 2.12. The molecular weight excluding hydrogens is 266 g/mol. The van der Waals surface area contributed by atoms with Crippen LogP contribution in [0.25, 0.3) is 0 Å². The van der Waals surface area contributed by atoms with Crippen LogP contribution in [0.5, 0.6) is 5.75 Å². The highest BCUT2D eigenvalue weighted by Crippen LogP contribution is 2.33. The van der Waals surface area contributed by atoms with Gasteiger partial charge in [0.2, 0.25) is 5.91 Å². The highest BCUT2D eigenvalue weighted by molar-refractivity contribution is 5.82. The molecule has 1 amide bonds. The molecule has 0 spiro atoms. The Balaban J connectivity index is 2.08. The van der Waals surface area contributed by atoms with Gasteiger partial charge in [0.05, 0.1) is 18.8 Å². The van der Waals surface area contributed by atoms with Crippen molar-refractivity contribution in [1.82, 2.24) is 4.90 Å². The smallest absolute Gasteiger partial charge is 0.242 e. The summed E-state index contributed by atoms with van der Waals surface area (Å²) in [7, 11) is 0. The van der Waals surface area contributed by atoms with Gasteiger partial charge in [-0.15, -0.1) is 0 Å². The average molecular weight is 291 g/mol. The fourth-order valence-corrected chi connectivity index (χ4v) is 2.62. The zero-order valence-corrected chi connectivity index (χ0v) is 13.0. The molecule has 1 aromatic rings. The number of fused-ring (bicyclic) bond motifs is 1. The first kappa shape index (κ1) is 15.5. The summed E-state index contributed by atoms with van der Waals surface area (Å²) < 4.78 is 5.63. The summed E-state index contributed by atoms with van der Waals surface area (Å²) >= 11 is 0. The first-order chi connectivity index (χ1) is 10.2. The maximum atomic E-state index is 12.5. The number of hydrogen-bond donors (Lipinski definition) is 1. The number of hydrogen-bond acceptors (Lipinski definition) is 4. The Morgan fingerprint density at radius 2 is 2.05 bits per heavy atom. The Kier molecular flexibility index (Phi) is 5.31. The minimum Gasteiger partial charge on any atom is -0.489 e. The summed E-state index contributed by atoms with van der Waals surface area (Å²) in [6.07, 6.45) is 1.98. The van der Waals surface area contributed by atoms with Gasteiger partial charge in [0.25, 0.3) is 0 Å². The summed E-state index contributed by atoms with van der Waals surface area (Å²) in [5.74, 6) is 0.954. The first-order valence-electron chi connectivity index (χ1n) is 7.70. The monoisotopic (exact) mass is 291 g/mol. The highest BCUT2D eigenvalue weighted by atomic mass is 16.5. The van der Waals surface area contributed by atoms with Crippen molar-refractivity contribution in [2.24, 2.45) is 0 Å². The number of rotatable bonds is 6. The molecule has 0 atom stereocenters. The summed E-state index contributed by atoms with van der Waals surface area (Å²) in [6, 6.07) is 5.60. The number of anilines is 2. The van der Waals surface area contributed by atoms with E-state index < -0.39 is 0 Å². The van der Waals surface area contributed by atoms with E-state index in [9.17, 15) is 4.79 Å². The molecule has 0 radical (unpaired) electrons. The van der Waals surface area contributed by atoms with Crippen LogP contribution in [0.1, 0.15) is 26.7 Å². The van der Waals surface area contributed by atoms with Crippen LogP contribution >= 0.6 is 0 Å². The van der Waals surface area contributed by atoms with Gasteiger partial charge in [-0.25, -0.2) is 0 Å². The van der Waals surface area contributed by atoms with E-state index in [1.807, 2.05) is 23.1 Å². The van der Waals surface area contributed by atoms with Crippen molar-refractivity contribution in [1.29, 1.82) is 0 Å². The van der Waals surface area contributed by atoms with E-state index in [1.54, 1.807) is 0 Å².